The first kappa shape index (κ1) is 61.1. The molecule has 14 nitrogen and oxygen atoms in total. The molecular formula is C52H100O14. The number of ether oxygens (including phenoxy) is 6. The van der Waals surface area contributed by atoms with Crippen molar-refractivity contribution in [1.82, 2.24) is 0 Å². The van der Waals surface area contributed by atoms with Gasteiger partial charge in [0, 0.05) is 13.0 Å². The van der Waals surface area contributed by atoms with Crippen LogP contribution in [-0.4, -0.2) is 142 Å². The average Bonchev–Trinajstić information content (AvgIpc) is 3.31. The Bertz CT molecular complexity index is 1100. The number of rotatable bonds is 44. The fourth-order valence-electron chi connectivity index (χ4n) is 8.93. The Balaban J connectivity index is 1.59. The van der Waals surface area contributed by atoms with Gasteiger partial charge in [0.15, 0.2) is 12.6 Å². The smallest absolute Gasteiger partial charge is 0.306 e. The van der Waals surface area contributed by atoms with Crippen molar-refractivity contribution in [2.45, 2.75) is 293 Å². The summed E-state index contributed by atoms with van der Waals surface area (Å²) in [5.74, 6) is -0.380. The third-order valence-corrected chi connectivity index (χ3v) is 13.4. The zero-order valence-electron chi connectivity index (χ0n) is 41.7. The van der Waals surface area contributed by atoms with E-state index in [1.807, 2.05) is 0 Å². The number of carbonyl (C=O) groups excluding carboxylic acids is 1. The summed E-state index contributed by atoms with van der Waals surface area (Å²) in [5.41, 5.74) is 0. The van der Waals surface area contributed by atoms with Crippen LogP contribution in [-0.2, 0) is 33.2 Å². The number of carbonyl (C=O) groups is 1. The average molecular weight is 949 g/mol. The molecule has 2 heterocycles. The highest BCUT2D eigenvalue weighted by Gasteiger charge is 2.47. The summed E-state index contributed by atoms with van der Waals surface area (Å²) in [6, 6.07) is 0. The van der Waals surface area contributed by atoms with Crippen molar-refractivity contribution in [1.29, 1.82) is 0 Å². The first-order valence-electron chi connectivity index (χ1n) is 27.1. The molecule has 2 aliphatic rings. The number of esters is 1. The van der Waals surface area contributed by atoms with Crippen LogP contribution in [0.1, 0.15) is 226 Å². The topological polar surface area (TPSA) is 214 Å². The second-order valence-electron chi connectivity index (χ2n) is 19.4. The van der Waals surface area contributed by atoms with E-state index < -0.39 is 80.7 Å². The van der Waals surface area contributed by atoms with Gasteiger partial charge in [-0.05, 0) is 12.8 Å². The molecule has 2 aliphatic heterocycles. The quantitative estimate of drug-likeness (QED) is 0.0226. The molecule has 0 saturated carbocycles. The summed E-state index contributed by atoms with van der Waals surface area (Å²) in [6.45, 7) is 3.66. The van der Waals surface area contributed by atoms with Gasteiger partial charge in [0.2, 0.25) is 0 Å². The van der Waals surface area contributed by atoms with Crippen LogP contribution < -0.4 is 0 Å². The highest BCUT2D eigenvalue weighted by atomic mass is 16.7. The highest BCUT2D eigenvalue weighted by Crippen LogP contribution is 2.27. The van der Waals surface area contributed by atoms with E-state index in [1.165, 1.54) is 154 Å². The molecule has 0 spiro atoms. The van der Waals surface area contributed by atoms with Gasteiger partial charge < -0.3 is 64.2 Å². The summed E-state index contributed by atoms with van der Waals surface area (Å²) in [7, 11) is 0. The molecule has 392 valence electrons. The Labute approximate surface area is 400 Å². The predicted octanol–water partition coefficient (Wildman–Crippen LogP) is 8.47. The van der Waals surface area contributed by atoms with Crippen LogP contribution >= 0.6 is 0 Å². The Morgan fingerprint density at radius 1 is 0.439 bits per heavy atom. The molecule has 0 radical (unpaired) electrons. The van der Waals surface area contributed by atoms with Gasteiger partial charge >= 0.3 is 5.97 Å². The van der Waals surface area contributed by atoms with Gasteiger partial charge in [-0.15, -0.1) is 0 Å². The third kappa shape index (κ3) is 28.0. The lowest BCUT2D eigenvalue weighted by molar-refractivity contribution is -0.332. The standard InChI is InChI=1S/C52H100O14/c1-3-5-7-9-11-12-13-14-15-16-17-18-19-20-21-22-23-24-25-26-27-28-29-30-32-34-36-61-38-41(64-44(54)35-33-31-10-8-6-4-2)39-62-51-50(60)48(58)46(56)43(66-51)40-63-52-49(59)47(57)45(55)42(37-53)65-52/h41-43,45-53,55-60H,3-40H2,1-2H3. The van der Waals surface area contributed by atoms with E-state index in [0.717, 1.165) is 44.9 Å². The lowest BCUT2D eigenvalue weighted by Gasteiger charge is -2.42. The predicted molar refractivity (Wildman–Crippen MR) is 257 cm³/mol. The van der Waals surface area contributed by atoms with Crippen molar-refractivity contribution in [2.75, 3.05) is 33.0 Å². The summed E-state index contributed by atoms with van der Waals surface area (Å²) < 4.78 is 34.1. The third-order valence-electron chi connectivity index (χ3n) is 13.4. The summed E-state index contributed by atoms with van der Waals surface area (Å²) >= 11 is 0. The largest absolute Gasteiger partial charge is 0.457 e. The number of hydrogen-bond donors (Lipinski definition) is 7. The van der Waals surface area contributed by atoms with Crippen molar-refractivity contribution in [3.05, 3.63) is 0 Å². The van der Waals surface area contributed by atoms with E-state index in [-0.39, 0.29) is 25.6 Å². The van der Waals surface area contributed by atoms with Gasteiger partial charge in [-0.2, -0.15) is 0 Å². The minimum atomic E-state index is -1.70. The molecular weight excluding hydrogens is 849 g/mol. The molecule has 14 heteroatoms. The number of aliphatic hydroxyl groups is 7. The molecule has 7 N–H and O–H groups in total. The van der Waals surface area contributed by atoms with Crippen LogP contribution in [0, 0.1) is 0 Å². The molecule has 2 fully saturated rings. The van der Waals surface area contributed by atoms with Gasteiger partial charge in [-0.1, -0.05) is 206 Å². The lowest BCUT2D eigenvalue weighted by Crippen LogP contribution is -2.61. The van der Waals surface area contributed by atoms with Gasteiger partial charge in [0.1, 0.15) is 54.9 Å². The SMILES string of the molecule is CCCCCCCCCCCCCCCCCCCCCCCCCCCCOCC(COC1OC(COC2OC(CO)C(O)C(O)C2O)C(O)C(O)C1O)OC(=O)CCCCCCCC. The van der Waals surface area contributed by atoms with E-state index in [1.54, 1.807) is 0 Å². The maximum Gasteiger partial charge on any atom is 0.306 e. The minimum absolute atomic E-state index is 0.0688. The first-order valence-corrected chi connectivity index (χ1v) is 27.1. The van der Waals surface area contributed by atoms with E-state index in [4.69, 9.17) is 28.4 Å². The van der Waals surface area contributed by atoms with Gasteiger partial charge in [0.25, 0.3) is 0 Å². The van der Waals surface area contributed by atoms with Crippen molar-refractivity contribution in [3.63, 3.8) is 0 Å². The van der Waals surface area contributed by atoms with E-state index >= 15 is 0 Å². The summed E-state index contributed by atoms with van der Waals surface area (Å²) in [5, 5.41) is 71.9. The Hall–Kier alpha value is -1.01. The van der Waals surface area contributed by atoms with Crippen LogP contribution in [0.2, 0.25) is 0 Å². The lowest BCUT2D eigenvalue weighted by atomic mass is 9.98. The maximum absolute atomic E-state index is 12.8. The van der Waals surface area contributed by atoms with E-state index in [2.05, 4.69) is 13.8 Å². The summed E-state index contributed by atoms with van der Waals surface area (Å²) in [4.78, 5) is 12.8. The van der Waals surface area contributed by atoms with Crippen molar-refractivity contribution < 1.29 is 69.0 Å². The first-order chi connectivity index (χ1) is 32.1. The molecule has 2 saturated heterocycles. The molecule has 11 unspecified atom stereocenters. The molecule has 0 amide bonds. The fraction of sp³-hybridized carbons (Fsp3) is 0.981. The molecule has 0 aromatic rings. The van der Waals surface area contributed by atoms with Crippen LogP contribution in [0.15, 0.2) is 0 Å². The van der Waals surface area contributed by atoms with Gasteiger partial charge in [-0.3, -0.25) is 4.79 Å². The van der Waals surface area contributed by atoms with Crippen LogP contribution in [0.25, 0.3) is 0 Å². The van der Waals surface area contributed by atoms with Gasteiger partial charge in [0.05, 0.1) is 26.4 Å². The monoisotopic (exact) mass is 949 g/mol. The number of aliphatic hydroxyl groups excluding tert-OH is 7. The summed E-state index contributed by atoms with van der Waals surface area (Å²) in [6.07, 6.45) is 25.2. The molecule has 66 heavy (non-hydrogen) atoms. The zero-order chi connectivity index (χ0) is 48.0. The van der Waals surface area contributed by atoms with Crippen molar-refractivity contribution in [3.8, 4) is 0 Å². The Morgan fingerprint density at radius 2 is 0.803 bits per heavy atom. The van der Waals surface area contributed by atoms with E-state index in [9.17, 15) is 40.5 Å². The molecule has 0 aliphatic carbocycles. The second kappa shape index (κ2) is 40.7. The van der Waals surface area contributed by atoms with Crippen molar-refractivity contribution >= 4 is 5.97 Å². The number of hydrogen-bond acceptors (Lipinski definition) is 14. The Morgan fingerprint density at radius 3 is 1.23 bits per heavy atom. The zero-order valence-corrected chi connectivity index (χ0v) is 41.7. The molecule has 11 atom stereocenters. The highest BCUT2D eigenvalue weighted by molar-refractivity contribution is 5.69. The fourth-order valence-corrected chi connectivity index (χ4v) is 8.93. The molecule has 0 bridgehead atoms. The molecule has 2 rings (SSSR count). The normalized spacial score (nSPS) is 26.2. The van der Waals surface area contributed by atoms with Crippen LogP contribution in [0.3, 0.4) is 0 Å². The molecule has 0 aromatic heterocycles. The van der Waals surface area contributed by atoms with Crippen LogP contribution in [0.4, 0.5) is 0 Å². The maximum atomic E-state index is 12.8. The van der Waals surface area contributed by atoms with E-state index in [0.29, 0.717) is 13.0 Å². The van der Waals surface area contributed by atoms with Gasteiger partial charge in [-0.25, -0.2) is 0 Å². The number of unbranched alkanes of at least 4 members (excludes halogenated alkanes) is 30. The molecule has 0 aromatic carbocycles. The second-order valence-corrected chi connectivity index (χ2v) is 19.4. The van der Waals surface area contributed by atoms with Crippen LogP contribution in [0.5, 0.6) is 0 Å². The Kier molecular flexibility index (Phi) is 37.7. The minimum Gasteiger partial charge on any atom is -0.457 e. The van der Waals surface area contributed by atoms with Crippen molar-refractivity contribution in [2.24, 2.45) is 0 Å².